The normalized spacial score (nSPS) is 12.2. The molecule has 2 rings (SSSR count). The van der Waals surface area contributed by atoms with Gasteiger partial charge in [-0.05, 0) is 59.3 Å². The van der Waals surface area contributed by atoms with Crippen LogP contribution in [-0.2, 0) is 4.79 Å². The second-order valence-electron chi connectivity index (χ2n) is 4.81. The molecule has 1 heterocycles. The van der Waals surface area contributed by atoms with Crippen LogP contribution < -0.4 is 14.8 Å². The molecule has 0 fully saturated rings. The van der Waals surface area contributed by atoms with Crippen LogP contribution >= 0.6 is 27.3 Å². The Labute approximate surface area is 148 Å². The van der Waals surface area contributed by atoms with Gasteiger partial charge in [0, 0.05) is 16.5 Å². The second kappa shape index (κ2) is 8.17. The van der Waals surface area contributed by atoms with E-state index in [2.05, 4.69) is 21.2 Å². The smallest absolute Gasteiger partial charge is 0.244 e. The highest BCUT2D eigenvalue weighted by molar-refractivity contribution is 9.11. The Morgan fingerprint density at radius 2 is 2.04 bits per heavy atom. The molecule has 0 aliphatic rings. The summed E-state index contributed by atoms with van der Waals surface area (Å²) in [5, 5.41) is 2.93. The summed E-state index contributed by atoms with van der Waals surface area (Å²) in [5.74, 6) is 1.28. The van der Waals surface area contributed by atoms with E-state index in [0.29, 0.717) is 5.75 Å². The monoisotopic (exact) mass is 395 g/mol. The Bertz CT molecular complexity index is 712. The largest absolute Gasteiger partial charge is 0.497 e. The van der Waals surface area contributed by atoms with Crippen molar-refractivity contribution in [2.45, 2.75) is 13.0 Å². The SMILES string of the molecule is COc1ccc(OC)c([C@H](C)NC(=O)/C=C/c2ccc(Br)s2)c1. The van der Waals surface area contributed by atoms with Gasteiger partial charge in [-0.15, -0.1) is 11.3 Å². The molecule has 0 saturated carbocycles. The van der Waals surface area contributed by atoms with E-state index in [1.54, 1.807) is 31.6 Å². The fourth-order valence-corrected chi connectivity index (χ4v) is 3.42. The molecule has 23 heavy (non-hydrogen) atoms. The van der Waals surface area contributed by atoms with Gasteiger partial charge in [0.25, 0.3) is 0 Å². The maximum atomic E-state index is 12.1. The van der Waals surface area contributed by atoms with Gasteiger partial charge < -0.3 is 14.8 Å². The first-order chi connectivity index (χ1) is 11.0. The van der Waals surface area contributed by atoms with E-state index >= 15 is 0 Å². The number of methoxy groups -OCH3 is 2. The highest BCUT2D eigenvalue weighted by Gasteiger charge is 2.14. The maximum Gasteiger partial charge on any atom is 0.244 e. The summed E-state index contributed by atoms with van der Waals surface area (Å²) in [6.45, 7) is 1.91. The Hall–Kier alpha value is -1.79. The van der Waals surface area contributed by atoms with Gasteiger partial charge in [0.2, 0.25) is 5.91 Å². The molecule has 0 aliphatic carbocycles. The molecule has 1 aromatic carbocycles. The van der Waals surface area contributed by atoms with Crippen molar-refractivity contribution in [2.75, 3.05) is 14.2 Å². The summed E-state index contributed by atoms with van der Waals surface area (Å²) in [6.07, 6.45) is 3.32. The Morgan fingerprint density at radius 1 is 1.26 bits per heavy atom. The first kappa shape index (κ1) is 17.6. The van der Waals surface area contributed by atoms with Gasteiger partial charge in [-0.2, -0.15) is 0 Å². The fourth-order valence-electron chi connectivity index (χ4n) is 2.09. The van der Waals surface area contributed by atoms with Crippen LogP contribution in [0.3, 0.4) is 0 Å². The molecule has 122 valence electrons. The average molecular weight is 396 g/mol. The van der Waals surface area contributed by atoms with Gasteiger partial charge in [-0.1, -0.05) is 0 Å². The highest BCUT2D eigenvalue weighted by atomic mass is 79.9. The molecule has 1 aromatic heterocycles. The predicted molar refractivity (Wildman–Crippen MR) is 97.2 cm³/mol. The van der Waals surface area contributed by atoms with Crippen LogP contribution in [0, 0.1) is 0 Å². The van der Waals surface area contributed by atoms with Crippen molar-refractivity contribution in [2.24, 2.45) is 0 Å². The number of carbonyl (C=O) groups is 1. The lowest BCUT2D eigenvalue weighted by Crippen LogP contribution is -2.25. The number of hydrogen-bond donors (Lipinski definition) is 1. The third kappa shape index (κ3) is 4.84. The van der Waals surface area contributed by atoms with Crippen molar-refractivity contribution in [3.63, 3.8) is 0 Å². The molecule has 1 atom stereocenters. The molecule has 0 saturated heterocycles. The van der Waals surface area contributed by atoms with E-state index < -0.39 is 0 Å². The van der Waals surface area contributed by atoms with Crippen LogP contribution in [-0.4, -0.2) is 20.1 Å². The number of rotatable bonds is 6. The van der Waals surface area contributed by atoms with Crippen molar-refractivity contribution in [3.05, 3.63) is 50.6 Å². The molecule has 2 aromatic rings. The van der Waals surface area contributed by atoms with Gasteiger partial charge in [-0.25, -0.2) is 0 Å². The first-order valence-corrected chi connectivity index (χ1v) is 8.60. The topological polar surface area (TPSA) is 47.6 Å². The third-order valence-electron chi connectivity index (χ3n) is 3.26. The van der Waals surface area contributed by atoms with Gasteiger partial charge in [0.05, 0.1) is 24.0 Å². The Balaban J connectivity index is 2.07. The van der Waals surface area contributed by atoms with E-state index in [4.69, 9.17) is 9.47 Å². The lowest BCUT2D eigenvalue weighted by atomic mass is 10.1. The summed E-state index contributed by atoms with van der Waals surface area (Å²) >= 11 is 4.97. The summed E-state index contributed by atoms with van der Waals surface area (Å²) in [4.78, 5) is 13.1. The number of nitrogens with one attached hydrogen (secondary N) is 1. The maximum absolute atomic E-state index is 12.1. The summed E-state index contributed by atoms with van der Waals surface area (Å²) < 4.78 is 11.6. The minimum absolute atomic E-state index is 0.160. The van der Waals surface area contributed by atoms with E-state index in [1.165, 1.54) is 6.08 Å². The van der Waals surface area contributed by atoms with E-state index in [9.17, 15) is 4.79 Å². The minimum Gasteiger partial charge on any atom is -0.497 e. The zero-order valence-corrected chi connectivity index (χ0v) is 15.5. The molecule has 6 heteroatoms. The van der Waals surface area contributed by atoms with Gasteiger partial charge in [0.1, 0.15) is 11.5 Å². The summed E-state index contributed by atoms with van der Waals surface area (Å²) in [5.41, 5.74) is 0.868. The first-order valence-electron chi connectivity index (χ1n) is 6.99. The Morgan fingerprint density at radius 3 is 2.65 bits per heavy atom. The molecule has 0 aliphatic heterocycles. The van der Waals surface area contributed by atoms with Crippen molar-refractivity contribution >= 4 is 39.2 Å². The van der Waals surface area contributed by atoms with E-state index in [-0.39, 0.29) is 11.9 Å². The molecule has 0 bridgehead atoms. The summed E-state index contributed by atoms with van der Waals surface area (Å²) in [7, 11) is 3.21. The fraction of sp³-hybridized carbons (Fsp3) is 0.235. The molecule has 0 radical (unpaired) electrons. The zero-order valence-electron chi connectivity index (χ0n) is 13.1. The lowest BCUT2D eigenvalue weighted by molar-refractivity contribution is -0.117. The van der Waals surface area contributed by atoms with Crippen molar-refractivity contribution in [1.29, 1.82) is 0 Å². The number of amides is 1. The molecule has 4 nitrogen and oxygen atoms in total. The zero-order chi connectivity index (χ0) is 16.8. The average Bonchev–Trinajstić information content (AvgIpc) is 2.97. The van der Waals surface area contributed by atoms with Crippen molar-refractivity contribution < 1.29 is 14.3 Å². The van der Waals surface area contributed by atoms with E-state index in [1.807, 2.05) is 37.3 Å². The predicted octanol–water partition coefficient (Wildman–Crippen LogP) is 4.42. The summed E-state index contributed by atoms with van der Waals surface area (Å²) in [6, 6.07) is 9.22. The third-order valence-corrected chi connectivity index (χ3v) is 4.84. The molecule has 1 amide bonds. The number of benzene rings is 1. The van der Waals surface area contributed by atoms with Crippen LogP contribution in [0.15, 0.2) is 40.2 Å². The van der Waals surface area contributed by atoms with Gasteiger partial charge in [0.15, 0.2) is 0 Å². The van der Waals surface area contributed by atoms with E-state index in [0.717, 1.165) is 20.0 Å². The molecule has 0 spiro atoms. The number of halogens is 1. The number of ether oxygens (including phenoxy) is 2. The standard InChI is InChI=1S/C17H18BrNO3S/c1-11(14-10-12(21-2)4-7-15(14)22-3)19-17(20)9-6-13-5-8-16(18)23-13/h4-11H,1-3H3,(H,19,20)/b9-6+/t11-/m0/s1. The van der Waals surface area contributed by atoms with Crippen LogP contribution in [0.5, 0.6) is 11.5 Å². The van der Waals surface area contributed by atoms with Crippen LogP contribution in [0.4, 0.5) is 0 Å². The molecular formula is C17H18BrNO3S. The van der Waals surface area contributed by atoms with Crippen molar-refractivity contribution in [1.82, 2.24) is 5.32 Å². The molecular weight excluding hydrogens is 378 g/mol. The van der Waals surface area contributed by atoms with Crippen molar-refractivity contribution in [3.8, 4) is 11.5 Å². The highest BCUT2D eigenvalue weighted by Crippen LogP contribution is 2.29. The van der Waals surface area contributed by atoms with Gasteiger partial charge in [-0.3, -0.25) is 4.79 Å². The van der Waals surface area contributed by atoms with Gasteiger partial charge >= 0.3 is 0 Å². The number of thiophene rings is 1. The van der Waals surface area contributed by atoms with Crippen LogP contribution in [0.25, 0.3) is 6.08 Å². The van der Waals surface area contributed by atoms with Crippen LogP contribution in [0.2, 0.25) is 0 Å². The Kier molecular flexibility index (Phi) is 6.24. The second-order valence-corrected chi connectivity index (χ2v) is 7.31. The molecule has 1 N–H and O–H groups in total. The number of hydrogen-bond acceptors (Lipinski definition) is 4. The minimum atomic E-state index is -0.202. The lowest BCUT2D eigenvalue weighted by Gasteiger charge is -2.17. The number of carbonyl (C=O) groups excluding carboxylic acids is 1. The molecule has 0 unspecified atom stereocenters. The quantitative estimate of drug-likeness (QED) is 0.736. The van der Waals surface area contributed by atoms with Crippen LogP contribution in [0.1, 0.15) is 23.4 Å².